The Hall–Kier alpha value is -3.01. The third-order valence-electron chi connectivity index (χ3n) is 4.18. The Morgan fingerprint density at radius 1 is 1.23 bits per heavy atom. The molecule has 0 aliphatic carbocycles. The lowest BCUT2D eigenvalue weighted by Gasteiger charge is -2.23. The van der Waals surface area contributed by atoms with Crippen LogP contribution in [0.25, 0.3) is 0 Å². The molecular formula is C21H18ClN3O4S2. The van der Waals surface area contributed by atoms with Crippen molar-refractivity contribution in [2.24, 2.45) is 0 Å². The molecule has 0 saturated heterocycles. The number of rotatable bonds is 8. The van der Waals surface area contributed by atoms with Crippen LogP contribution >= 0.6 is 22.9 Å². The number of thiazole rings is 1. The summed E-state index contributed by atoms with van der Waals surface area (Å²) < 4.78 is 27.7. The number of hydrogen-bond donors (Lipinski definition) is 1. The second-order valence-corrected chi connectivity index (χ2v) is 9.53. The van der Waals surface area contributed by atoms with E-state index in [1.165, 1.54) is 47.0 Å². The maximum atomic E-state index is 13.3. The predicted octanol–water partition coefficient (Wildman–Crippen LogP) is 4.63. The van der Waals surface area contributed by atoms with Crippen LogP contribution in [0.3, 0.4) is 0 Å². The van der Waals surface area contributed by atoms with Gasteiger partial charge in [-0.05, 0) is 42.5 Å². The van der Waals surface area contributed by atoms with Gasteiger partial charge in [0.05, 0.1) is 17.1 Å². The van der Waals surface area contributed by atoms with Crippen molar-refractivity contribution in [3.63, 3.8) is 0 Å². The van der Waals surface area contributed by atoms with Gasteiger partial charge in [-0.3, -0.25) is 19.2 Å². The van der Waals surface area contributed by atoms with Crippen molar-refractivity contribution >= 4 is 55.5 Å². The second-order valence-electron chi connectivity index (χ2n) is 6.38. The first kappa shape index (κ1) is 22.7. The molecule has 0 radical (unpaired) electrons. The Labute approximate surface area is 189 Å². The van der Waals surface area contributed by atoms with Crippen LogP contribution in [0, 0.1) is 0 Å². The zero-order valence-electron chi connectivity index (χ0n) is 16.4. The van der Waals surface area contributed by atoms with Crippen molar-refractivity contribution in [1.82, 2.24) is 4.98 Å². The molecule has 7 nitrogen and oxygen atoms in total. The summed E-state index contributed by atoms with van der Waals surface area (Å²) in [6, 6.07) is 12.0. The number of halogens is 1. The van der Waals surface area contributed by atoms with Crippen molar-refractivity contribution in [2.75, 3.05) is 16.2 Å². The van der Waals surface area contributed by atoms with Crippen LogP contribution in [-0.2, 0) is 10.0 Å². The van der Waals surface area contributed by atoms with Gasteiger partial charge in [-0.15, -0.1) is 17.9 Å². The minimum absolute atomic E-state index is 0.0350. The van der Waals surface area contributed by atoms with Crippen LogP contribution in [0.2, 0.25) is 5.02 Å². The summed E-state index contributed by atoms with van der Waals surface area (Å²) in [6.45, 7) is 5.05. The fraction of sp³-hybridized carbons (Fsp3) is 0.0952. The topological polar surface area (TPSA) is 96.4 Å². The first-order valence-corrected chi connectivity index (χ1v) is 11.7. The van der Waals surface area contributed by atoms with Crippen LogP contribution in [0.4, 0.5) is 10.8 Å². The summed E-state index contributed by atoms with van der Waals surface area (Å²) in [5, 5.41) is 4.85. The van der Waals surface area contributed by atoms with Crippen LogP contribution < -0.4 is 9.62 Å². The van der Waals surface area contributed by atoms with E-state index in [1.807, 2.05) is 0 Å². The number of sulfonamides is 1. The van der Waals surface area contributed by atoms with E-state index in [0.29, 0.717) is 10.7 Å². The van der Waals surface area contributed by atoms with E-state index in [4.69, 9.17) is 11.6 Å². The summed E-state index contributed by atoms with van der Waals surface area (Å²) in [6.07, 6.45) is 1.47. The van der Waals surface area contributed by atoms with Crippen molar-refractivity contribution in [3.05, 3.63) is 82.8 Å². The molecule has 10 heteroatoms. The van der Waals surface area contributed by atoms with Crippen molar-refractivity contribution in [3.8, 4) is 0 Å². The number of nitrogens with zero attached hydrogens (tertiary/aromatic N) is 2. The molecule has 2 aromatic carbocycles. The van der Waals surface area contributed by atoms with Gasteiger partial charge in [0.1, 0.15) is 5.69 Å². The molecule has 31 heavy (non-hydrogen) atoms. The van der Waals surface area contributed by atoms with Crippen LogP contribution in [0.1, 0.15) is 27.8 Å². The molecule has 0 bridgehead atoms. The number of hydrogen-bond acceptors (Lipinski definition) is 6. The van der Waals surface area contributed by atoms with Gasteiger partial charge in [-0.25, -0.2) is 13.4 Å². The molecular weight excluding hydrogens is 458 g/mol. The Kier molecular flexibility index (Phi) is 6.89. The molecule has 0 spiro atoms. The largest absolute Gasteiger partial charge is 0.298 e. The highest BCUT2D eigenvalue weighted by Gasteiger charge is 2.25. The monoisotopic (exact) mass is 475 g/mol. The van der Waals surface area contributed by atoms with E-state index in [2.05, 4.69) is 16.9 Å². The van der Waals surface area contributed by atoms with Crippen molar-refractivity contribution < 1.29 is 18.0 Å². The second kappa shape index (κ2) is 9.42. The lowest BCUT2D eigenvalue weighted by atomic mass is 10.2. The number of aromatic nitrogens is 1. The molecule has 1 amide bonds. The minimum atomic E-state index is -3.98. The zero-order chi connectivity index (χ0) is 22.6. The number of Topliss-reactive ketones (excluding diaryl/α,β-unsaturated/α-hetero) is 1. The van der Waals surface area contributed by atoms with Gasteiger partial charge in [0.2, 0.25) is 0 Å². The van der Waals surface area contributed by atoms with Gasteiger partial charge >= 0.3 is 0 Å². The third kappa shape index (κ3) is 5.19. The highest BCUT2D eigenvalue weighted by Crippen LogP contribution is 2.26. The maximum absolute atomic E-state index is 13.3. The summed E-state index contributed by atoms with van der Waals surface area (Å²) in [7, 11) is -3.98. The first-order chi connectivity index (χ1) is 14.7. The molecule has 0 unspecified atom stereocenters. The van der Waals surface area contributed by atoms with E-state index in [9.17, 15) is 18.0 Å². The molecule has 0 aliphatic heterocycles. The highest BCUT2D eigenvalue weighted by atomic mass is 35.5. The molecule has 0 aliphatic rings. The Morgan fingerprint density at radius 3 is 2.55 bits per heavy atom. The Balaban J connectivity index is 1.90. The average Bonchev–Trinajstić information content (AvgIpc) is 3.21. The average molecular weight is 476 g/mol. The van der Waals surface area contributed by atoms with Gasteiger partial charge < -0.3 is 0 Å². The number of amides is 1. The lowest BCUT2D eigenvalue weighted by molar-refractivity contribution is 0.100. The van der Waals surface area contributed by atoms with E-state index >= 15 is 0 Å². The normalized spacial score (nSPS) is 11.0. The van der Waals surface area contributed by atoms with Gasteiger partial charge in [0, 0.05) is 22.9 Å². The minimum Gasteiger partial charge on any atom is -0.298 e. The summed E-state index contributed by atoms with van der Waals surface area (Å²) >= 11 is 7.02. The maximum Gasteiger partial charge on any atom is 0.264 e. The van der Waals surface area contributed by atoms with Gasteiger partial charge in [-0.2, -0.15) is 0 Å². The van der Waals surface area contributed by atoms with Crippen molar-refractivity contribution in [2.45, 2.75) is 11.8 Å². The molecule has 0 saturated carbocycles. The van der Waals surface area contributed by atoms with Crippen molar-refractivity contribution in [1.29, 1.82) is 0 Å². The Bertz CT molecular complexity index is 1240. The summed E-state index contributed by atoms with van der Waals surface area (Å²) in [5.74, 6) is -0.752. The number of nitrogens with one attached hydrogen (secondary N) is 1. The van der Waals surface area contributed by atoms with E-state index < -0.39 is 15.9 Å². The van der Waals surface area contributed by atoms with E-state index in [1.54, 1.807) is 24.3 Å². The van der Waals surface area contributed by atoms with Gasteiger partial charge in [0.15, 0.2) is 10.9 Å². The zero-order valence-corrected chi connectivity index (χ0v) is 18.8. The molecule has 160 valence electrons. The highest BCUT2D eigenvalue weighted by molar-refractivity contribution is 7.92. The molecule has 3 rings (SSSR count). The van der Waals surface area contributed by atoms with Crippen LogP contribution in [-0.4, -0.2) is 31.6 Å². The van der Waals surface area contributed by atoms with E-state index in [0.717, 1.165) is 11.3 Å². The Morgan fingerprint density at radius 2 is 1.94 bits per heavy atom. The number of ketones is 1. The lowest BCUT2D eigenvalue weighted by Crippen LogP contribution is -2.31. The predicted molar refractivity (Wildman–Crippen MR) is 123 cm³/mol. The molecule has 1 aromatic heterocycles. The molecule has 3 aromatic rings. The molecule has 0 fully saturated rings. The molecule has 1 heterocycles. The van der Waals surface area contributed by atoms with Crippen LogP contribution in [0.15, 0.2) is 71.5 Å². The number of benzene rings is 2. The smallest absolute Gasteiger partial charge is 0.264 e. The quantitative estimate of drug-likeness (QED) is 0.378. The van der Waals surface area contributed by atoms with Crippen LogP contribution in [0.5, 0.6) is 0 Å². The number of carbonyl (C=O) groups is 2. The molecule has 0 atom stereocenters. The molecule has 1 N–H and O–H groups in total. The standard InChI is InChI=1S/C21H18ClN3O4S2/c1-3-11-25(17-9-7-16(22)8-10-17)31(28,29)18-6-4-5-15(12-18)20(27)24-21-23-19(13-30-21)14(2)26/h3-10,12-13H,1,11H2,2H3,(H,23,24,27). The SMILES string of the molecule is C=CCN(c1ccc(Cl)cc1)S(=O)(=O)c1cccc(C(=O)Nc2nc(C(C)=O)cs2)c1. The number of anilines is 2. The van der Waals surface area contributed by atoms with Gasteiger partial charge in [-0.1, -0.05) is 23.7 Å². The summed E-state index contributed by atoms with van der Waals surface area (Å²) in [4.78, 5) is 28.0. The number of carbonyl (C=O) groups excluding carboxylic acids is 2. The summed E-state index contributed by atoms with van der Waals surface area (Å²) in [5.41, 5.74) is 0.800. The fourth-order valence-electron chi connectivity index (χ4n) is 2.65. The van der Waals surface area contributed by atoms with Gasteiger partial charge in [0.25, 0.3) is 15.9 Å². The van der Waals surface area contributed by atoms with E-state index in [-0.39, 0.29) is 33.6 Å². The third-order valence-corrected chi connectivity index (χ3v) is 6.98. The first-order valence-electron chi connectivity index (χ1n) is 8.99. The fourth-order valence-corrected chi connectivity index (χ4v) is 5.01.